The topological polar surface area (TPSA) is 72.5 Å². The van der Waals surface area contributed by atoms with Crippen molar-refractivity contribution < 1.29 is 19.1 Å². The molecule has 2 aromatic rings. The lowest BCUT2D eigenvalue weighted by atomic mass is 10.0. The number of hydrogen-bond donors (Lipinski definition) is 1. The SMILES string of the molecule is CCCc1ccc(C(=O)CCC(=O)O[C@@H](C)C(=O)Nc2ccccc2Cl)cc1. The third kappa shape index (κ3) is 6.50. The summed E-state index contributed by atoms with van der Waals surface area (Å²) in [5.41, 5.74) is 2.19. The van der Waals surface area contributed by atoms with Crippen LogP contribution in [0.4, 0.5) is 5.69 Å². The van der Waals surface area contributed by atoms with Gasteiger partial charge in [0.05, 0.1) is 17.1 Å². The molecule has 0 aromatic heterocycles. The summed E-state index contributed by atoms with van der Waals surface area (Å²) in [6, 6.07) is 14.2. The molecule has 0 heterocycles. The maximum absolute atomic E-state index is 12.2. The van der Waals surface area contributed by atoms with Crippen LogP contribution in [0.1, 0.15) is 49.0 Å². The highest BCUT2D eigenvalue weighted by atomic mass is 35.5. The van der Waals surface area contributed by atoms with Crippen LogP contribution in [0.3, 0.4) is 0 Å². The normalized spacial score (nSPS) is 11.5. The molecule has 148 valence electrons. The van der Waals surface area contributed by atoms with Crippen molar-refractivity contribution in [2.75, 3.05) is 5.32 Å². The van der Waals surface area contributed by atoms with Crippen LogP contribution in [0.15, 0.2) is 48.5 Å². The number of amides is 1. The molecule has 1 N–H and O–H groups in total. The Balaban J connectivity index is 1.80. The van der Waals surface area contributed by atoms with E-state index in [1.54, 1.807) is 36.4 Å². The van der Waals surface area contributed by atoms with Crippen LogP contribution in [-0.4, -0.2) is 23.8 Å². The number of aryl methyl sites for hydroxylation is 1. The molecule has 0 saturated carbocycles. The van der Waals surface area contributed by atoms with Gasteiger partial charge in [0.2, 0.25) is 0 Å². The maximum Gasteiger partial charge on any atom is 0.307 e. The Morgan fingerprint density at radius 2 is 1.71 bits per heavy atom. The second-order valence-corrected chi connectivity index (χ2v) is 6.88. The van der Waals surface area contributed by atoms with E-state index in [-0.39, 0.29) is 18.6 Å². The number of hydrogen-bond acceptors (Lipinski definition) is 4. The summed E-state index contributed by atoms with van der Waals surface area (Å²) in [7, 11) is 0. The summed E-state index contributed by atoms with van der Waals surface area (Å²) in [5, 5.41) is 3.00. The van der Waals surface area contributed by atoms with Crippen molar-refractivity contribution in [1.29, 1.82) is 0 Å². The fourth-order valence-corrected chi connectivity index (χ4v) is 2.80. The Bertz CT molecular complexity index is 833. The van der Waals surface area contributed by atoms with Crippen molar-refractivity contribution in [1.82, 2.24) is 0 Å². The van der Waals surface area contributed by atoms with Gasteiger partial charge in [0, 0.05) is 12.0 Å². The lowest BCUT2D eigenvalue weighted by Crippen LogP contribution is -2.30. The van der Waals surface area contributed by atoms with Crippen molar-refractivity contribution >= 4 is 34.9 Å². The third-order valence-electron chi connectivity index (χ3n) is 4.18. The molecule has 0 fully saturated rings. The summed E-state index contributed by atoms with van der Waals surface area (Å²) >= 11 is 5.99. The first-order valence-electron chi connectivity index (χ1n) is 9.27. The highest BCUT2D eigenvalue weighted by Crippen LogP contribution is 2.20. The van der Waals surface area contributed by atoms with Gasteiger partial charge in [-0.05, 0) is 31.0 Å². The molecule has 0 saturated heterocycles. The van der Waals surface area contributed by atoms with Crippen molar-refractivity contribution in [3.63, 3.8) is 0 Å². The first-order chi connectivity index (χ1) is 13.4. The lowest BCUT2D eigenvalue weighted by molar-refractivity contribution is -0.153. The molecule has 0 radical (unpaired) electrons. The van der Waals surface area contributed by atoms with E-state index in [9.17, 15) is 14.4 Å². The molecule has 1 amide bonds. The number of carbonyl (C=O) groups excluding carboxylic acids is 3. The summed E-state index contributed by atoms with van der Waals surface area (Å²) < 4.78 is 5.12. The quantitative estimate of drug-likeness (QED) is 0.482. The highest BCUT2D eigenvalue weighted by Gasteiger charge is 2.19. The number of carbonyl (C=O) groups is 3. The molecule has 0 aliphatic heterocycles. The van der Waals surface area contributed by atoms with Gasteiger partial charge in [-0.25, -0.2) is 0 Å². The molecule has 0 bridgehead atoms. The molecular formula is C22H24ClNO4. The average Bonchev–Trinajstić information content (AvgIpc) is 2.68. The van der Waals surface area contributed by atoms with Crippen LogP contribution in [-0.2, 0) is 20.7 Å². The Morgan fingerprint density at radius 3 is 2.36 bits per heavy atom. The number of para-hydroxylation sites is 1. The predicted molar refractivity (Wildman–Crippen MR) is 110 cm³/mol. The zero-order valence-corrected chi connectivity index (χ0v) is 16.8. The minimum Gasteiger partial charge on any atom is -0.453 e. The number of halogens is 1. The smallest absolute Gasteiger partial charge is 0.307 e. The van der Waals surface area contributed by atoms with E-state index in [2.05, 4.69) is 12.2 Å². The zero-order chi connectivity index (χ0) is 20.5. The monoisotopic (exact) mass is 401 g/mol. The van der Waals surface area contributed by atoms with E-state index in [1.165, 1.54) is 12.5 Å². The van der Waals surface area contributed by atoms with Gasteiger partial charge < -0.3 is 10.1 Å². The number of ether oxygens (including phenoxy) is 1. The number of ketones is 1. The fourth-order valence-electron chi connectivity index (χ4n) is 2.61. The van der Waals surface area contributed by atoms with Gasteiger partial charge in [-0.3, -0.25) is 14.4 Å². The summed E-state index contributed by atoms with van der Waals surface area (Å²) in [5.74, 6) is -1.22. The molecule has 2 aromatic carbocycles. The van der Waals surface area contributed by atoms with Gasteiger partial charge in [0.1, 0.15) is 0 Å². The van der Waals surface area contributed by atoms with E-state index in [1.807, 2.05) is 12.1 Å². The molecule has 0 unspecified atom stereocenters. The van der Waals surface area contributed by atoms with E-state index >= 15 is 0 Å². The van der Waals surface area contributed by atoms with E-state index in [0.717, 1.165) is 12.8 Å². The van der Waals surface area contributed by atoms with Crippen molar-refractivity contribution in [3.8, 4) is 0 Å². The minimum absolute atomic E-state index is 0.0325. The molecular weight excluding hydrogens is 378 g/mol. The van der Waals surface area contributed by atoms with Crippen molar-refractivity contribution in [2.45, 2.75) is 45.6 Å². The van der Waals surface area contributed by atoms with Crippen molar-refractivity contribution in [3.05, 3.63) is 64.7 Å². The minimum atomic E-state index is -0.993. The molecule has 5 nitrogen and oxygen atoms in total. The van der Waals surface area contributed by atoms with Crippen LogP contribution in [0.25, 0.3) is 0 Å². The van der Waals surface area contributed by atoms with Gasteiger partial charge in [0.25, 0.3) is 5.91 Å². The zero-order valence-electron chi connectivity index (χ0n) is 16.0. The van der Waals surface area contributed by atoms with Crippen LogP contribution in [0.5, 0.6) is 0 Å². The van der Waals surface area contributed by atoms with Gasteiger partial charge in [0.15, 0.2) is 11.9 Å². The molecule has 0 spiro atoms. The Morgan fingerprint density at radius 1 is 1.04 bits per heavy atom. The van der Waals surface area contributed by atoms with Crippen LogP contribution in [0.2, 0.25) is 5.02 Å². The Hall–Kier alpha value is -2.66. The van der Waals surface area contributed by atoms with E-state index in [0.29, 0.717) is 16.3 Å². The molecule has 6 heteroatoms. The fraction of sp³-hybridized carbons (Fsp3) is 0.318. The molecule has 0 aliphatic carbocycles. The largest absolute Gasteiger partial charge is 0.453 e. The van der Waals surface area contributed by atoms with Crippen LogP contribution >= 0.6 is 11.6 Å². The first-order valence-corrected chi connectivity index (χ1v) is 9.65. The summed E-state index contributed by atoms with van der Waals surface area (Å²) in [6.07, 6.45) is 0.965. The Labute approximate surface area is 170 Å². The Kier molecular flexibility index (Phi) is 8.20. The molecule has 1 atom stereocenters. The first kappa shape index (κ1) is 21.6. The molecule has 0 aliphatic rings. The van der Waals surface area contributed by atoms with E-state index < -0.39 is 18.0 Å². The average molecular weight is 402 g/mol. The second kappa shape index (κ2) is 10.6. The molecule has 28 heavy (non-hydrogen) atoms. The summed E-state index contributed by atoms with van der Waals surface area (Å²) in [4.78, 5) is 36.3. The number of benzene rings is 2. The van der Waals surface area contributed by atoms with Crippen LogP contribution in [0, 0.1) is 0 Å². The lowest BCUT2D eigenvalue weighted by Gasteiger charge is -2.14. The number of esters is 1. The summed E-state index contributed by atoms with van der Waals surface area (Å²) in [6.45, 7) is 3.57. The van der Waals surface area contributed by atoms with Gasteiger partial charge in [-0.2, -0.15) is 0 Å². The number of nitrogens with one attached hydrogen (secondary N) is 1. The second-order valence-electron chi connectivity index (χ2n) is 6.47. The maximum atomic E-state index is 12.2. The number of anilines is 1. The molecule has 2 rings (SSSR count). The van der Waals surface area contributed by atoms with E-state index in [4.69, 9.17) is 16.3 Å². The number of Topliss-reactive ketones (excluding diaryl/α,β-unsaturated/α-hetero) is 1. The predicted octanol–water partition coefficient (Wildman–Crippen LogP) is 4.83. The standard InChI is InChI=1S/C22H24ClNO4/c1-3-6-16-9-11-17(12-10-16)20(25)13-14-21(26)28-15(2)22(27)24-19-8-5-4-7-18(19)23/h4-5,7-12,15H,3,6,13-14H2,1-2H3,(H,24,27)/t15-/m0/s1. The highest BCUT2D eigenvalue weighted by molar-refractivity contribution is 6.33. The van der Waals surface area contributed by atoms with Crippen LogP contribution < -0.4 is 5.32 Å². The van der Waals surface area contributed by atoms with Crippen molar-refractivity contribution in [2.24, 2.45) is 0 Å². The van der Waals surface area contributed by atoms with Gasteiger partial charge in [-0.1, -0.05) is 61.3 Å². The number of rotatable bonds is 9. The van der Waals surface area contributed by atoms with Gasteiger partial charge in [-0.15, -0.1) is 0 Å². The van der Waals surface area contributed by atoms with Gasteiger partial charge >= 0.3 is 5.97 Å². The third-order valence-corrected chi connectivity index (χ3v) is 4.51.